The Kier molecular flexibility index (Phi) is 2.93. The second kappa shape index (κ2) is 4.54. The lowest BCUT2D eigenvalue weighted by Crippen LogP contribution is -1.92. The molecule has 0 bridgehead atoms. The number of carbonyl (C=O) groups excluding carboxylic acids is 1. The van der Waals surface area contributed by atoms with Crippen molar-refractivity contribution < 1.29 is 9.18 Å². The van der Waals surface area contributed by atoms with Gasteiger partial charge in [0.25, 0.3) is 0 Å². The first-order chi connectivity index (χ1) is 8.24. The van der Waals surface area contributed by atoms with Crippen molar-refractivity contribution >= 4 is 6.29 Å². The molecule has 82 valence electrons. The van der Waals surface area contributed by atoms with E-state index in [4.69, 9.17) is 5.26 Å². The van der Waals surface area contributed by atoms with Crippen molar-refractivity contribution in [3.05, 3.63) is 53.6 Å². The molecule has 1 aromatic heterocycles. The Morgan fingerprint density at radius 1 is 1.29 bits per heavy atom. The number of halogens is 1. The van der Waals surface area contributed by atoms with E-state index in [-0.39, 0.29) is 11.5 Å². The third kappa shape index (κ3) is 2.18. The van der Waals surface area contributed by atoms with Gasteiger partial charge in [0.15, 0.2) is 6.29 Å². The van der Waals surface area contributed by atoms with Gasteiger partial charge in [-0.05, 0) is 29.3 Å². The van der Waals surface area contributed by atoms with E-state index >= 15 is 0 Å². The molecule has 0 N–H and O–H groups in total. The summed E-state index contributed by atoms with van der Waals surface area (Å²) >= 11 is 0. The molecular formula is C13H7FN2O. The quantitative estimate of drug-likeness (QED) is 0.739. The van der Waals surface area contributed by atoms with Crippen LogP contribution in [0.3, 0.4) is 0 Å². The zero-order valence-electron chi connectivity index (χ0n) is 8.72. The van der Waals surface area contributed by atoms with Crippen LogP contribution in [-0.2, 0) is 0 Å². The topological polar surface area (TPSA) is 53.8 Å². The number of benzene rings is 1. The summed E-state index contributed by atoms with van der Waals surface area (Å²) in [7, 11) is 0. The average Bonchev–Trinajstić information content (AvgIpc) is 2.39. The van der Waals surface area contributed by atoms with E-state index in [2.05, 4.69) is 4.98 Å². The number of carbonyl (C=O) groups is 1. The van der Waals surface area contributed by atoms with Crippen molar-refractivity contribution in [1.82, 2.24) is 4.98 Å². The summed E-state index contributed by atoms with van der Waals surface area (Å²) in [5, 5.41) is 8.76. The zero-order chi connectivity index (χ0) is 12.3. The SMILES string of the molecule is N#Cc1cc(-c2ccc(F)cc2)c(C=O)cn1. The molecule has 2 aromatic rings. The van der Waals surface area contributed by atoms with E-state index in [1.54, 1.807) is 12.1 Å². The molecule has 0 unspecified atom stereocenters. The molecule has 0 fully saturated rings. The van der Waals surface area contributed by atoms with Crippen molar-refractivity contribution in [3.63, 3.8) is 0 Å². The molecule has 0 spiro atoms. The number of hydrogen-bond donors (Lipinski definition) is 0. The van der Waals surface area contributed by atoms with Gasteiger partial charge in [0, 0.05) is 11.8 Å². The van der Waals surface area contributed by atoms with Gasteiger partial charge in [0.05, 0.1) is 0 Å². The molecule has 0 aliphatic carbocycles. The number of nitrogens with zero attached hydrogens (tertiary/aromatic N) is 2. The molecule has 1 heterocycles. The number of nitriles is 1. The van der Waals surface area contributed by atoms with Crippen LogP contribution in [0, 0.1) is 17.1 Å². The Hall–Kier alpha value is -2.54. The van der Waals surface area contributed by atoms with Crippen LogP contribution >= 0.6 is 0 Å². The summed E-state index contributed by atoms with van der Waals surface area (Å²) < 4.78 is 12.8. The van der Waals surface area contributed by atoms with Gasteiger partial charge in [-0.1, -0.05) is 12.1 Å². The van der Waals surface area contributed by atoms with Gasteiger partial charge in [-0.15, -0.1) is 0 Å². The first-order valence-electron chi connectivity index (χ1n) is 4.86. The van der Waals surface area contributed by atoms with Gasteiger partial charge in [0.1, 0.15) is 17.6 Å². The summed E-state index contributed by atoms with van der Waals surface area (Å²) in [4.78, 5) is 14.7. The van der Waals surface area contributed by atoms with E-state index < -0.39 is 0 Å². The van der Waals surface area contributed by atoms with Crippen molar-refractivity contribution in [2.24, 2.45) is 0 Å². The van der Waals surface area contributed by atoms with E-state index in [1.807, 2.05) is 6.07 Å². The van der Waals surface area contributed by atoms with Crippen LogP contribution in [0.5, 0.6) is 0 Å². The Balaban J connectivity index is 2.60. The normalized spacial score (nSPS) is 9.65. The lowest BCUT2D eigenvalue weighted by molar-refractivity contribution is 0.112. The lowest BCUT2D eigenvalue weighted by atomic mass is 10.0. The molecule has 0 aliphatic rings. The monoisotopic (exact) mass is 226 g/mol. The van der Waals surface area contributed by atoms with Crippen LogP contribution in [0.4, 0.5) is 4.39 Å². The van der Waals surface area contributed by atoms with Crippen LogP contribution in [0.15, 0.2) is 36.5 Å². The zero-order valence-corrected chi connectivity index (χ0v) is 8.72. The second-order valence-electron chi connectivity index (χ2n) is 3.39. The number of rotatable bonds is 2. The van der Waals surface area contributed by atoms with E-state index in [1.165, 1.54) is 24.4 Å². The molecule has 0 saturated heterocycles. The highest BCUT2D eigenvalue weighted by molar-refractivity contribution is 5.87. The number of aldehydes is 1. The maximum atomic E-state index is 12.8. The standard InChI is InChI=1S/C13H7FN2O/c14-11-3-1-9(2-4-11)13-5-12(6-15)16-7-10(13)8-17/h1-5,7-8H. The third-order valence-corrected chi connectivity index (χ3v) is 2.33. The third-order valence-electron chi connectivity index (χ3n) is 2.33. The Morgan fingerprint density at radius 3 is 2.59 bits per heavy atom. The van der Waals surface area contributed by atoms with Gasteiger partial charge >= 0.3 is 0 Å². The predicted octanol–water partition coefficient (Wildman–Crippen LogP) is 2.57. The predicted molar refractivity (Wildman–Crippen MR) is 59.7 cm³/mol. The molecule has 3 nitrogen and oxygen atoms in total. The van der Waals surface area contributed by atoms with Gasteiger partial charge in [0.2, 0.25) is 0 Å². The van der Waals surface area contributed by atoms with Gasteiger partial charge in [-0.2, -0.15) is 5.26 Å². The van der Waals surface area contributed by atoms with Crippen LogP contribution < -0.4 is 0 Å². The Labute approximate surface area is 97.2 Å². The van der Waals surface area contributed by atoms with Gasteiger partial charge in [-0.25, -0.2) is 9.37 Å². The van der Waals surface area contributed by atoms with Gasteiger partial charge < -0.3 is 0 Å². The summed E-state index contributed by atoms with van der Waals surface area (Å²) in [6, 6.07) is 9.12. The summed E-state index contributed by atoms with van der Waals surface area (Å²) in [5.74, 6) is -0.351. The smallest absolute Gasteiger partial charge is 0.152 e. The minimum Gasteiger partial charge on any atom is -0.298 e. The van der Waals surface area contributed by atoms with Crippen LogP contribution in [0.25, 0.3) is 11.1 Å². The average molecular weight is 226 g/mol. The van der Waals surface area contributed by atoms with Crippen molar-refractivity contribution in [2.45, 2.75) is 0 Å². The number of pyridine rings is 1. The molecule has 17 heavy (non-hydrogen) atoms. The fourth-order valence-electron chi connectivity index (χ4n) is 1.50. The van der Waals surface area contributed by atoms with Crippen LogP contribution in [-0.4, -0.2) is 11.3 Å². The fourth-order valence-corrected chi connectivity index (χ4v) is 1.50. The fraction of sp³-hybridized carbons (Fsp3) is 0. The molecule has 0 atom stereocenters. The van der Waals surface area contributed by atoms with Crippen LogP contribution in [0.1, 0.15) is 16.1 Å². The van der Waals surface area contributed by atoms with Gasteiger partial charge in [-0.3, -0.25) is 4.79 Å². The molecule has 2 rings (SSSR count). The minimum absolute atomic E-state index is 0.218. The summed E-state index contributed by atoms with van der Waals surface area (Å²) in [6.45, 7) is 0. The Morgan fingerprint density at radius 2 is 2.00 bits per heavy atom. The highest BCUT2D eigenvalue weighted by atomic mass is 19.1. The van der Waals surface area contributed by atoms with E-state index in [9.17, 15) is 9.18 Å². The molecule has 0 radical (unpaired) electrons. The number of aromatic nitrogens is 1. The van der Waals surface area contributed by atoms with Crippen molar-refractivity contribution in [1.29, 1.82) is 5.26 Å². The molecule has 0 saturated carbocycles. The minimum atomic E-state index is -0.351. The highest BCUT2D eigenvalue weighted by Crippen LogP contribution is 2.23. The largest absolute Gasteiger partial charge is 0.298 e. The molecule has 1 aromatic carbocycles. The first-order valence-corrected chi connectivity index (χ1v) is 4.86. The van der Waals surface area contributed by atoms with Crippen molar-refractivity contribution in [2.75, 3.05) is 0 Å². The maximum Gasteiger partial charge on any atom is 0.152 e. The second-order valence-corrected chi connectivity index (χ2v) is 3.39. The van der Waals surface area contributed by atoms with E-state index in [0.717, 1.165) is 0 Å². The molecule has 0 aliphatic heterocycles. The summed E-state index contributed by atoms with van der Waals surface area (Å²) in [6.07, 6.45) is 2.00. The van der Waals surface area contributed by atoms with E-state index in [0.29, 0.717) is 23.0 Å². The van der Waals surface area contributed by atoms with Crippen molar-refractivity contribution in [3.8, 4) is 17.2 Å². The molecule has 0 amide bonds. The summed E-state index contributed by atoms with van der Waals surface area (Å²) in [5.41, 5.74) is 1.84. The lowest BCUT2D eigenvalue weighted by Gasteiger charge is -2.04. The Bertz CT molecular complexity index is 600. The molecular weight excluding hydrogens is 219 g/mol. The number of hydrogen-bond acceptors (Lipinski definition) is 3. The maximum absolute atomic E-state index is 12.8. The first kappa shape index (κ1) is 11.0. The molecule has 4 heteroatoms. The van der Waals surface area contributed by atoms with Crippen LogP contribution in [0.2, 0.25) is 0 Å². The highest BCUT2D eigenvalue weighted by Gasteiger charge is 2.07.